The van der Waals surface area contributed by atoms with E-state index in [0.29, 0.717) is 35.6 Å². The van der Waals surface area contributed by atoms with Gasteiger partial charge in [-0.25, -0.2) is 4.98 Å². The molecule has 1 atom stereocenters. The third-order valence-electron chi connectivity index (χ3n) is 7.21. The number of fused-ring (bicyclic) bond motifs is 1. The van der Waals surface area contributed by atoms with Gasteiger partial charge < -0.3 is 25.5 Å². The molecule has 1 saturated heterocycles. The molecule has 1 aliphatic rings. The first-order valence-electron chi connectivity index (χ1n) is 13.2. The number of aliphatic hydroxyl groups is 1. The van der Waals surface area contributed by atoms with Gasteiger partial charge in [-0.1, -0.05) is 19.1 Å². The summed E-state index contributed by atoms with van der Waals surface area (Å²) >= 11 is 1.51. The number of carbonyl (C=O) groups excluding carboxylic acids is 2. The van der Waals surface area contributed by atoms with Crippen LogP contribution in [0.1, 0.15) is 39.8 Å². The minimum atomic E-state index is -0.368. The first-order chi connectivity index (χ1) is 19.0. The van der Waals surface area contributed by atoms with Crippen LogP contribution in [0.15, 0.2) is 59.4 Å². The van der Waals surface area contributed by atoms with Gasteiger partial charge >= 0.3 is 0 Å². The number of aromatic nitrogens is 2. The van der Waals surface area contributed by atoms with E-state index in [9.17, 15) is 14.7 Å². The lowest BCUT2D eigenvalue weighted by Gasteiger charge is -2.34. The number of carbonyl (C=O) groups is 2. The van der Waals surface area contributed by atoms with Gasteiger partial charge in [0.2, 0.25) is 0 Å². The standard InChI is InChI=1S/C29H34N6O3S/c1-3-22(18-36)31-29(38)26-25(21-10-16-39-19-21)32-27-24(5-4-11-35(26)27)28(37)30-17-20-6-8-23(9-7-20)34-14-12-33(2)13-15-34/h4-11,16,19,22,36H,3,12-15,17-18H2,1-2H3,(H,30,37)(H,31,38)/t22-/m0/s1. The highest BCUT2D eigenvalue weighted by molar-refractivity contribution is 7.08. The summed E-state index contributed by atoms with van der Waals surface area (Å²) in [6.07, 6.45) is 2.33. The van der Waals surface area contributed by atoms with Gasteiger partial charge in [0.15, 0.2) is 5.65 Å². The van der Waals surface area contributed by atoms with Crippen molar-refractivity contribution in [3.63, 3.8) is 0 Å². The number of rotatable bonds is 9. The average molecular weight is 547 g/mol. The molecule has 5 rings (SSSR count). The van der Waals surface area contributed by atoms with Gasteiger partial charge in [0.25, 0.3) is 11.8 Å². The van der Waals surface area contributed by atoms with Crippen molar-refractivity contribution >= 4 is 34.5 Å². The van der Waals surface area contributed by atoms with E-state index in [4.69, 9.17) is 4.98 Å². The van der Waals surface area contributed by atoms with Crippen molar-refractivity contribution in [2.45, 2.75) is 25.9 Å². The molecule has 9 nitrogen and oxygen atoms in total. The van der Waals surface area contributed by atoms with Crippen molar-refractivity contribution in [2.75, 3.05) is 44.7 Å². The second-order valence-electron chi connectivity index (χ2n) is 9.84. The second-order valence-corrected chi connectivity index (χ2v) is 10.6. The van der Waals surface area contributed by atoms with Crippen LogP contribution in [0, 0.1) is 0 Å². The smallest absolute Gasteiger partial charge is 0.270 e. The van der Waals surface area contributed by atoms with Gasteiger partial charge in [0.05, 0.1) is 18.2 Å². The number of thiophene rings is 1. The molecule has 3 N–H and O–H groups in total. The third-order valence-corrected chi connectivity index (χ3v) is 7.89. The minimum Gasteiger partial charge on any atom is -0.394 e. The van der Waals surface area contributed by atoms with Crippen LogP contribution in [0.5, 0.6) is 0 Å². The summed E-state index contributed by atoms with van der Waals surface area (Å²) in [6.45, 7) is 6.24. The predicted molar refractivity (Wildman–Crippen MR) is 154 cm³/mol. The van der Waals surface area contributed by atoms with Crippen molar-refractivity contribution in [1.29, 1.82) is 0 Å². The number of nitrogens with zero attached hydrogens (tertiary/aromatic N) is 4. The summed E-state index contributed by atoms with van der Waals surface area (Å²) in [5, 5.41) is 19.4. The van der Waals surface area contributed by atoms with E-state index >= 15 is 0 Å². The maximum absolute atomic E-state index is 13.3. The van der Waals surface area contributed by atoms with E-state index in [1.54, 1.807) is 22.7 Å². The maximum atomic E-state index is 13.3. The molecule has 0 bridgehead atoms. The Hall–Kier alpha value is -3.73. The lowest BCUT2D eigenvalue weighted by Crippen LogP contribution is -2.44. The topological polar surface area (TPSA) is 102 Å². The molecule has 4 aromatic rings. The summed E-state index contributed by atoms with van der Waals surface area (Å²) in [4.78, 5) is 36.1. The van der Waals surface area contributed by atoms with E-state index in [2.05, 4.69) is 39.6 Å². The molecule has 0 saturated carbocycles. The maximum Gasteiger partial charge on any atom is 0.270 e. The minimum absolute atomic E-state index is 0.156. The van der Waals surface area contributed by atoms with Gasteiger partial charge in [0, 0.05) is 55.6 Å². The molecule has 0 spiro atoms. The van der Waals surface area contributed by atoms with Crippen LogP contribution < -0.4 is 15.5 Å². The fraction of sp³-hybridized carbons (Fsp3) is 0.345. The number of nitrogens with one attached hydrogen (secondary N) is 2. The zero-order valence-corrected chi connectivity index (χ0v) is 23.1. The van der Waals surface area contributed by atoms with Crippen LogP contribution >= 0.6 is 11.3 Å². The van der Waals surface area contributed by atoms with Crippen LogP contribution in [0.2, 0.25) is 0 Å². The molecule has 1 fully saturated rings. The number of likely N-dealkylation sites (N-methyl/N-ethyl adjacent to an activating group) is 1. The first kappa shape index (κ1) is 26.9. The molecule has 10 heteroatoms. The number of piperazine rings is 1. The van der Waals surface area contributed by atoms with Crippen molar-refractivity contribution < 1.29 is 14.7 Å². The average Bonchev–Trinajstić information content (AvgIpc) is 3.63. The lowest BCUT2D eigenvalue weighted by molar-refractivity contribution is 0.0907. The van der Waals surface area contributed by atoms with Crippen LogP contribution in [-0.4, -0.2) is 77.1 Å². The molecular formula is C29H34N6O3S. The molecule has 0 unspecified atom stereocenters. The Kier molecular flexibility index (Phi) is 8.25. The van der Waals surface area contributed by atoms with Gasteiger partial charge in [-0.2, -0.15) is 11.3 Å². The van der Waals surface area contributed by atoms with E-state index in [-0.39, 0.29) is 24.5 Å². The van der Waals surface area contributed by atoms with E-state index < -0.39 is 0 Å². The highest BCUT2D eigenvalue weighted by atomic mass is 32.1. The van der Waals surface area contributed by atoms with Crippen molar-refractivity contribution in [2.24, 2.45) is 0 Å². The van der Waals surface area contributed by atoms with Gasteiger partial charge in [-0.3, -0.25) is 14.0 Å². The Morgan fingerprint density at radius 3 is 2.51 bits per heavy atom. The van der Waals surface area contributed by atoms with Crippen LogP contribution in [0.4, 0.5) is 5.69 Å². The molecule has 4 heterocycles. The van der Waals surface area contributed by atoms with Gasteiger partial charge in [0.1, 0.15) is 11.4 Å². The Labute approximate surface area is 232 Å². The Morgan fingerprint density at radius 1 is 1.08 bits per heavy atom. The number of aliphatic hydroxyl groups excluding tert-OH is 1. The first-order valence-corrected chi connectivity index (χ1v) is 14.2. The number of amides is 2. The molecule has 2 amide bonds. The fourth-order valence-electron chi connectivity index (χ4n) is 4.76. The number of imidazole rings is 1. The van der Waals surface area contributed by atoms with Gasteiger partial charge in [-0.05, 0) is 54.7 Å². The lowest BCUT2D eigenvalue weighted by atomic mass is 10.1. The molecule has 39 heavy (non-hydrogen) atoms. The van der Waals surface area contributed by atoms with Crippen LogP contribution in [0.25, 0.3) is 16.9 Å². The second kappa shape index (κ2) is 12.0. The summed E-state index contributed by atoms with van der Waals surface area (Å²) in [5.41, 5.74) is 4.63. The number of hydrogen-bond acceptors (Lipinski definition) is 7. The summed E-state index contributed by atoms with van der Waals surface area (Å²) < 4.78 is 1.66. The molecule has 0 aliphatic carbocycles. The Bertz CT molecular complexity index is 1420. The Balaban J connectivity index is 1.37. The molecular weight excluding hydrogens is 512 g/mol. The monoisotopic (exact) mass is 546 g/mol. The number of benzene rings is 1. The zero-order valence-electron chi connectivity index (χ0n) is 22.3. The zero-order chi connectivity index (χ0) is 27.4. The number of hydrogen-bond donors (Lipinski definition) is 3. The normalized spacial score (nSPS) is 14.9. The van der Waals surface area contributed by atoms with E-state index in [0.717, 1.165) is 37.3 Å². The SMILES string of the molecule is CC[C@@H](CO)NC(=O)c1c(-c2ccsc2)nc2c(C(=O)NCc3ccc(N4CCN(C)CC4)cc3)cccn12. The van der Waals surface area contributed by atoms with Crippen molar-refractivity contribution in [3.8, 4) is 11.3 Å². The molecule has 1 aliphatic heterocycles. The summed E-state index contributed by atoms with van der Waals surface area (Å²) in [7, 11) is 2.14. The van der Waals surface area contributed by atoms with Crippen molar-refractivity contribution in [3.05, 3.63) is 76.2 Å². The molecule has 1 aromatic carbocycles. The highest BCUT2D eigenvalue weighted by Gasteiger charge is 2.25. The fourth-order valence-corrected chi connectivity index (χ4v) is 5.40. The third kappa shape index (κ3) is 5.83. The van der Waals surface area contributed by atoms with Crippen LogP contribution in [0.3, 0.4) is 0 Å². The Morgan fingerprint density at radius 2 is 1.85 bits per heavy atom. The molecule has 3 aromatic heterocycles. The molecule has 204 valence electrons. The quantitative estimate of drug-likeness (QED) is 0.298. The highest BCUT2D eigenvalue weighted by Crippen LogP contribution is 2.28. The number of pyridine rings is 1. The van der Waals surface area contributed by atoms with E-state index in [1.165, 1.54) is 17.0 Å². The van der Waals surface area contributed by atoms with Crippen molar-refractivity contribution in [1.82, 2.24) is 24.9 Å². The molecule has 0 radical (unpaired) electrons. The van der Waals surface area contributed by atoms with E-state index in [1.807, 2.05) is 35.9 Å². The summed E-state index contributed by atoms with van der Waals surface area (Å²) in [6, 6.07) is 13.3. The van der Waals surface area contributed by atoms with Gasteiger partial charge in [-0.15, -0.1) is 0 Å². The predicted octanol–water partition coefficient (Wildman–Crippen LogP) is 3.25. The number of anilines is 1. The largest absolute Gasteiger partial charge is 0.394 e. The van der Waals surface area contributed by atoms with Crippen LogP contribution in [-0.2, 0) is 6.54 Å². The summed E-state index contributed by atoms with van der Waals surface area (Å²) in [5.74, 6) is -0.609.